The number of aromatic hydroxyl groups is 1. The van der Waals surface area contributed by atoms with Crippen LogP contribution in [-0.2, 0) is 26.1 Å². The zero-order valence-corrected chi connectivity index (χ0v) is 25.2. The molecule has 2 saturated heterocycles. The smallest absolute Gasteiger partial charge is 0.410 e. The van der Waals surface area contributed by atoms with Crippen LogP contribution in [0.4, 0.5) is 4.79 Å². The minimum atomic E-state index is -3.60. The first-order chi connectivity index (χ1) is 16.9. The third-order valence-corrected chi connectivity index (χ3v) is 11.0. The summed E-state index contributed by atoms with van der Waals surface area (Å²) in [6.45, 7) is 11.6. The number of carbonyl (C=O) groups excluding carboxylic acids is 1. The van der Waals surface area contributed by atoms with Crippen LogP contribution in [0.15, 0.2) is 12.1 Å². The van der Waals surface area contributed by atoms with Crippen LogP contribution < -0.4 is 4.72 Å². The lowest BCUT2D eigenvalue weighted by Crippen LogP contribution is -2.61. The van der Waals surface area contributed by atoms with E-state index < -0.39 is 49.1 Å². The average molecular weight is 599 g/mol. The number of piperidine rings is 1. The Kier molecular flexibility index (Phi) is 9.32. The molecule has 9 nitrogen and oxygen atoms in total. The number of phenolic OH excluding ortho intramolecular Hbond substituents is 1. The lowest BCUT2D eigenvalue weighted by Gasteiger charge is -2.43. The number of amides is 1. The van der Waals surface area contributed by atoms with Crippen molar-refractivity contribution in [2.75, 3.05) is 26.2 Å². The molecule has 0 aromatic heterocycles. The normalized spacial score (nSPS) is 20.4. The van der Waals surface area contributed by atoms with Gasteiger partial charge < -0.3 is 19.3 Å². The van der Waals surface area contributed by atoms with Gasteiger partial charge >= 0.3 is 6.09 Å². The molecule has 2 heterocycles. The van der Waals surface area contributed by atoms with Crippen molar-refractivity contribution in [3.63, 3.8) is 0 Å². The van der Waals surface area contributed by atoms with Gasteiger partial charge in [-0.1, -0.05) is 23.2 Å². The predicted molar refractivity (Wildman–Crippen MR) is 147 cm³/mol. The van der Waals surface area contributed by atoms with Gasteiger partial charge in [-0.3, -0.25) is 0 Å². The monoisotopic (exact) mass is 597 g/mol. The largest absolute Gasteiger partial charge is 0.598 e. The number of rotatable bonds is 6. The van der Waals surface area contributed by atoms with Crippen LogP contribution in [0.5, 0.6) is 5.75 Å². The second kappa shape index (κ2) is 11.3. The molecule has 0 radical (unpaired) electrons. The number of carbonyl (C=O) groups is 1. The van der Waals surface area contributed by atoms with Crippen LogP contribution in [0.25, 0.3) is 0 Å². The number of phenols is 1. The number of nitrogens with zero attached hydrogens (tertiary/aromatic N) is 2. The molecule has 210 valence electrons. The molecule has 2 aliphatic heterocycles. The van der Waals surface area contributed by atoms with E-state index in [0.717, 1.165) is 0 Å². The first-order valence-electron chi connectivity index (χ1n) is 12.2. The number of nitrogens with one attached hydrogen (secondary N) is 1. The summed E-state index contributed by atoms with van der Waals surface area (Å²) >= 11 is 10.8. The summed E-state index contributed by atoms with van der Waals surface area (Å²) < 4.78 is 48.8. The molecule has 1 aromatic carbocycles. The van der Waals surface area contributed by atoms with Crippen molar-refractivity contribution in [3.8, 4) is 5.75 Å². The minimum absolute atomic E-state index is 0.0652. The summed E-state index contributed by atoms with van der Waals surface area (Å²) in [7, 11) is -3.60. The van der Waals surface area contributed by atoms with E-state index in [4.69, 9.17) is 27.9 Å². The van der Waals surface area contributed by atoms with Crippen molar-refractivity contribution >= 4 is 50.7 Å². The molecule has 1 unspecified atom stereocenters. The number of benzene rings is 1. The zero-order chi connectivity index (χ0) is 27.9. The number of halogens is 2. The fourth-order valence-corrected chi connectivity index (χ4v) is 7.39. The summed E-state index contributed by atoms with van der Waals surface area (Å²) in [5.74, 6) is -0.176. The van der Waals surface area contributed by atoms with Crippen LogP contribution in [0.1, 0.15) is 66.0 Å². The van der Waals surface area contributed by atoms with E-state index in [1.165, 1.54) is 15.3 Å². The van der Waals surface area contributed by atoms with Crippen LogP contribution in [0.2, 0.25) is 10.0 Å². The topological polar surface area (TPSA) is 122 Å². The van der Waals surface area contributed by atoms with E-state index in [-0.39, 0.29) is 47.9 Å². The number of hydrogen-bond acceptors (Lipinski definition) is 7. The highest BCUT2D eigenvalue weighted by atomic mass is 35.5. The molecule has 37 heavy (non-hydrogen) atoms. The molecule has 0 aliphatic carbocycles. The first kappa shape index (κ1) is 30.6. The Morgan fingerprint density at radius 3 is 2.19 bits per heavy atom. The summed E-state index contributed by atoms with van der Waals surface area (Å²) in [4.78, 5) is 13.6. The number of sulfonamides is 1. The Bertz CT molecular complexity index is 1090. The second-order valence-corrected chi connectivity index (χ2v) is 16.6. The molecular weight excluding hydrogens is 561 g/mol. The molecule has 2 N–H and O–H groups in total. The molecule has 2 aliphatic rings. The molecular formula is C24H37Cl2N3O6S2. The van der Waals surface area contributed by atoms with E-state index in [2.05, 4.69) is 4.72 Å². The predicted octanol–water partition coefficient (Wildman–Crippen LogP) is 4.45. The molecule has 2 atom stereocenters. The number of likely N-dealkylation sites (tertiary alicyclic amines) is 1. The Hall–Kier alpha value is -0.950. The fourth-order valence-electron chi connectivity index (χ4n) is 4.28. The summed E-state index contributed by atoms with van der Waals surface area (Å²) in [6.07, 6.45) is 0.459. The Labute approximate surface area is 233 Å². The van der Waals surface area contributed by atoms with Gasteiger partial charge in [-0.2, -0.15) is 0 Å². The summed E-state index contributed by atoms with van der Waals surface area (Å²) in [5, 5.41) is 10.4. The van der Waals surface area contributed by atoms with E-state index >= 15 is 0 Å². The fraction of sp³-hybridized carbons (Fsp3) is 0.708. The lowest BCUT2D eigenvalue weighted by molar-refractivity contribution is 0.0135. The highest BCUT2D eigenvalue weighted by Crippen LogP contribution is 2.41. The standard InChI is InChI=1S/C24H37Cl2N3O6S2/c1-23(2,3)35-22(31)28-13-16(14-28)37(33,34)29-9-7-15(8-10-29)21(27-36(32)24(4,5)6)17-11-18(25)19(26)12-20(17)30/h11-12,15-16,21,27,30H,7-10,13-14H2,1-6H3/t21-,36?/m1/s1. The molecule has 1 amide bonds. The van der Waals surface area contributed by atoms with E-state index in [1.807, 2.05) is 20.8 Å². The van der Waals surface area contributed by atoms with E-state index in [9.17, 15) is 22.9 Å². The maximum absolute atomic E-state index is 13.2. The molecule has 13 heteroatoms. The van der Waals surface area contributed by atoms with Gasteiger partial charge in [0.15, 0.2) is 0 Å². The van der Waals surface area contributed by atoms with Crippen molar-refractivity contribution in [2.45, 2.75) is 76.0 Å². The molecule has 0 saturated carbocycles. The van der Waals surface area contributed by atoms with E-state index in [0.29, 0.717) is 18.4 Å². The van der Waals surface area contributed by atoms with Gasteiger partial charge in [0.2, 0.25) is 10.0 Å². The van der Waals surface area contributed by atoms with Gasteiger partial charge in [-0.15, -0.1) is 4.72 Å². The molecule has 2 fully saturated rings. The Morgan fingerprint density at radius 1 is 1.14 bits per heavy atom. The summed E-state index contributed by atoms with van der Waals surface area (Å²) in [5.41, 5.74) is -0.173. The summed E-state index contributed by atoms with van der Waals surface area (Å²) in [6, 6.07) is 2.41. The maximum Gasteiger partial charge on any atom is 0.410 e. The van der Waals surface area contributed by atoms with Crippen molar-refractivity contribution in [2.24, 2.45) is 5.92 Å². The first-order valence-corrected chi connectivity index (χ1v) is 15.6. The molecule has 3 rings (SSSR count). The van der Waals surface area contributed by atoms with Crippen LogP contribution >= 0.6 is 23.2 Å². The molecule has 0 spiro atoms. The molecule has 0 bridgehead atoms. The van der Waals surface area contributed by atoms with E-state index in [1.54, 1.807) is 26.8 Å². The minimum Gasteiger partial charge on any atom is -0.598 e. The number of ether oxygens (including phenoxy) is 1. The van der Waals surface area contributed by atoms with Crippen molar-refractivity contribution in [1.29, 1.82) is 0 Å². The highest BCUT2D eigenvalue weighted by molar-refractivity contribution is 7.90. The SMILES string of the molecule is CC(C)(C)OC(=O)N1CC(S(=O)(=O)N2CCC([C@@H](N[S+]([O-])C(C)(C)C)c3cc(Cl)c(Cl)cc3O)CC2)C1. The quantitative estimate of drug-likeness (QED) is 0.464. The number of hydrogen-bond donors (Lipinski definition) is 2. The van der Waals surface area contributed by atoms with Gasteiger partial charge in [0.25, 0.3) is 0 Å². The van der Waals surface area contributed by atoms with Crippen molar-refractivity contribution in [3.05, 3.63) is 27.7 Å². The average Bonchev–Trinajstić information content (AvgIpc) is 2.71. The van der Waals surface area contributed by atoms with Crippen LogP contribution in [0, 0.1) is 5.92 Å². The highest BCUT2D eigenvalue weighted by Gasteiger charge is 2.46. The zero-order valence-electron chi connectivity index (χ0n) is 22.1. The van der Waals surface area contributed by atoms with Crippen LogP contribution in [-0.4, -0.2) is 75.2 Å². The Morgan fingerprint density at radius 2 is 1.68 bits per heavy atom. The lowest BCUT2D eigenvalue weighted by atomic mass is 9.86. The van der Waals surface area contributed by atoms with Crippen molar-refractivity contribution < 1.29 is 27.6 Å². The third-order valence-electron chi connectivity index (χ3n) is 6.45. The van der Waals surface area contributed by atoms with Gasteiger partial charge in [0, 0.05) is 49.2 Å². The Balaban J connectivity index is 1.70. The van der Waals surface area contributed by atoms with Crippen molar-refractivity contribution in [1.82, 2.24) is 13.9 Å². The van der Waals surface area contributed by atoms with Gasteiger partial charge in [-0.05, 0) is 66.4 Å². The maximum atomic E-state index is 13.2. The third kappa shape index (κ3) is 7.38. The van der Waals surface area contributed by atoms with Gasteiger partial charge in [-0.25, -0.2) is 17.5 Å². The van der Waals surface area contributed by atoms with Gasteiger partial charge in [0.1, 0.15) is 21.3 Å². The van der Waals surface area contributed by atoms with Crippen LogP contribution in [0.3, 0.4) is 0 Å². The van der Waals surface area contributed by atoms with Gasteiger partial charge in [0.05, 0.1) is 16.1 Å². The second-order valence-electron chi connectivity index (χ2n) is 11.6. The molecule has 1 aromatic rings.